The number of nitrogens with zero attached hydrogens (tertiary/aromatic N) is 3. The molecule has 0 aromatic carbocycles. The highest BCUT2D eigenvalue weighted by atomic mass is 15.3. The first-order valence-corrected chi connectivity index (χ1v) is 8.41. The van der Waals surface area contributed by atoms with Crippen LogP contribution in [-0.4, -0.2) is 74.1 Å². The highest BCUT2D eigenvalue weighted by Crippen LogP contribution is 2.21. The Bertz CT molecular complexity index is 228. The van der Waals surface area contributed by atoms with Crippen LogP contribution in [0, 0.1) is 5.92 Å². The second kappa shape index (κ2) is 8.23. The number of rotatable bonds is 6. The van der Waals surface area contributed by atoms with Crippen LogP contribution in [0.5, 0.6) is 0 Å². The molecule has 0 unspecified atom stereocenters. The molecular formula is C16H33N3. The van der Waals surface area contributed by atoms with Crippen LogP contribution in [0.1, 0.15) is 39.0 Å². The van der Waals surface area contributed by atoms with Crippen molar-refractivity contribution in [3.05, 3.63) is 0 Å². The van der Waals surface area contributed by atoms with Crippen LogP contribution in [0.4, 0.5) is 0 Å². The van der Waals surface area contributed by atoms with E-state index >= 15 is 0 Å². The van der Waals surface area contributed by atoms with Crippen LogP contribution in [0.15, 0.2) is 0 Å². The minimum absolute atomic E-state index is 1.01. The highest BCUT2D eigenvalue weighted by molar-refractivity contribution is 4.74. The fourth-order valence-corrected chi connectivity index (χ4v) is 3.51. The first-order valence-electron chi connectivity index (χ1n) is 8.41. The quantitative estimate of drug-likeness (QED) is 0.730. The first-order chi connectivity index (χ1) is 9.28. The van der Waals surface area contributed by atoms with E-state index < -0.39 is 0 Å². The van der Waals surface area contributed by atoms with Gasteiger partial charge in [0.15, 0.2) is 0 Å². The minimum Gasteiger partial charge on any atom is -0.306 e. The van der Waals surface area contributed by atoms with E-state index in [0.29, 0.717) is 0 Å². The van der Waals surface area contributed by atoms with E-state index in [0.717, 1.165) is 5.92 Å². The molecule has 2 rings (SSSR count). The summed E-state index contributed by atoms with van der Waals surface area (Å²) in [7, 11) is 2.26. The van der Waals surface area contributed by atoms with Gasteiger partial charge in [0, 0.05) is 26.2 Å². The van der Waals surface area contributed by atoms with Gasteiger partial charge in [0.1, 0.15) is 0 Å². The molecule has 3 nitrogen and oxygen atoms in total. The molecule has 112 valence electrons. The summed E-state index contributed by atoms with van der Waals surface area (Å²) in [6.45, 7) is 12.7. The van der Waals surface area contributed by atoms with Crippen LogP contribution in [0.2, 0.25) is 0 Å². The lowest BCUT2D eigenvalue weighted by Crippen LogP contribution is -2.46. The zero-order valence-electron chi connectivity index (χ0n) is 13.1. The van der Waals surface area contributed by atoms with Gasteiger partial charge in [0.25, 0.3) is 0 Å². The fourth-order valence-electron chi connectivity index (χ4n) is 3.51. The lowest BCUT2D eigenvalue weighted by molar-refractivity contribution is 0.127. The number of likely N-dealkylation sites (tertiary alicyclic amines) is 1. The van der Waals surface area contributed by atoms with Crippen LogP contribution in [-0.2, 0) is 0 Å². The fraction of sp³-hybridized carbons (Fsp3) is 1.00. The molecule has 2 fully saturated rings. The molecule has 2 saturated heterocycles. The van der Waals surface area contributed by atoms with E-state index in [1.165, 1.54) is 84.5 Å². The topological polar surface area (TPSA) is 9.72 Å². The van der Waals surface area contributed by atoms with Gasteiger partial charge in [-0.15, -0.1) is 0 Å². The van der Waals surface area contributed by atoms with Crippen LogP contribution in [0.3, 0.4) is 0 Å². The van der Waals surface area contributed by atoms with Gasteiger partial charge in [-0.1, -0.05) is 6.92 Å². The second-order valence-electron chi connectivity index (χ2n) is 6.57. The van der Waals surface area contributed by atoms with E-state index in [9.17, 15) is 0 Å². The maximum absolute atomic E-state index is 2.68. The Labute approximate surface area is 119 Å². The van der Waals surface area contributed by atoms with Crippen molar-refractivity contribution in [2.75, 3.05) is 59.4 Å². The van der Waals surface area contributed by atoms with Crippen molar-refractivity contribution in [2.24, 2.45) is 5.92 Å². The molecule has 0 spiro atoms. The molecule has 0 bridgehead atoms. The number of hydrogen-bond donors (Lipinski definition) is 0. The lowest BCUT2D eigenvalue weighted by Gasteiger charge is -2.35. The Balaban J connectivity index is 1.52. The molecule has 2 aliphatic rings. The minimum atomic E-state index is 1.01. The van der Waals surface area contributed by atoms with E-state index in [4.69, 9.17) is 0 Å². The molecule has 3 heteroatoms. The van der Waals surface area contributed by atoms with Gasteiger partial charge < -0.3 is 14.7 Å². The average molecular weight is 267 g/mol. The third kappa shape index (κ3) is 5.41. The number of hydrogen-bond acceptors (Lipinski definition) is 3. The monoisotopic (exact) mass is 267 g/mol. The van der Waals surface area contributed by atoms with Crippen molar-refractivity contribution >= 4 is 0 Å². The van der Waals surface area contributed by atoms with Crippen molar-refractivity contribution in [3.8, 4) is 0 Å². The molecule has 19 heavy (non-hydrogen) atoms. The summed E-state index contributed by atoms with van der Waals surface area (Å²) >= 11 is 0. The standard InChI is InChI=1S/C16H33N3/c1-3-8-18-12-14-19(15-13-18)9-4-5-16-6-10-17(2)11-7-16/h16H,3-15H2,1-2H3. The summed E-state index contributed by atoms with van der Waals surface area (Å²) in [5.74, 6) is 1.01. The van der Waals surface area contributed by atoms with Gasteiger partial charge >= 0.3 is 0 Å². The Kier molecular flexibility index (Phi) is 6.62. The third-order valence-corrected chi connectivity index (χ3v) is 4.93. The van der Waals surface area contributed by atoms with Crippen LogP contribution >= 0.6 is 0 Å². The summed E-state index contributed by atoms with van der Waals surface area (Å²) in [4.78, 5) is 7.78. The first kappa shape index (κ1) is 15.3. The molecule has 0 aromatic heterocycles. The number of piperidine rings is 1. The second-order valence-corrected chi connectivity index (χ2v) is 6.57. The Morgan fingerprint density at radius 1 is 0.842 bits per heavy atom. The normalized spacial score (nSPS) is 24.9. The summed E-state index contributed by atoms with van der Waals surface area (Å²) < 4.78 is 0. The maximum atomic E-state index is 2.68. The Morgan fingerprint density at radius 2 is 1.42 bits per heavy atom. The summed E-state index contributed by atoms with van der Waals surface area (Å²) in [6, 6.07) is 0. The van der Waals surface area contributed by atoms with Gasteiger partial charge in [-0.25, -0.2) is 0 Å². The Morgan fingerprint density at radius 3 is 2.00 bits per heavy atom. The predicted molar refractivity (Wildman–Crippen MR) is 82.6 cm³/mol. The smallest absolute Gasteiger partial charge is 0.0110 e. The lowest BCUT2D eigenvalue weighted by atomic mass is 9.92. The van der Waals surface area contributed by atoms with Crippen molar-refractivity contribution < 1.29 is 0 Å². The van der Waals surface area contributed by atoms with Gasteiger partial charge in [0.05, 0.1) is 0 Å². The van der Waals surface area contributed by atoms with Crippen molar-refractivity contribution in [3.63, 3.8) is 0 Å². The molecule has 0 amide bonds. The van der Waals surface area contributed by atoms with Crippen LogP contribution < -0.4 is 0 Å². The van der Waals surface area contributed by atoms with Crippen molar-refractivity contribution in [1.29, 1.82) is 0 Å². The van der Waals surface area contributed by atoms with Gasteiger partial charge in [-0.05, 0) is 71.2 Å². The van der Waals surface area contributed by atoms with Gasteiger partial charge in [-0.3, -0.25) is 0 Å². The van der Waals surface area contributed by atoms with E-state index in [-0.39, 0.29) is 0 Å². The van der Waals surface area contributed by atoms with E-state index in [2.05, 4.69) is 28.7 Å². The molecule has 0 aliphatic carbocycles. The van der Waals surface area contributed by atoms with Crippen molar-refractivity contribution in [2.45, 2.75) is 39.0 Å². The molecule has 2 heterocycles. The number of piperazine rings is 1. The molecule has 0 atom stereocenters. The summed E-state index contributed by atoms with van der Waals surface area (Å²) in [5.41, 5.74) is 0. The SMILES string of the molecule is CCCN1CCN(CCCC2CCN(C)CC2)CC1. The zero-order valence-corrected chi connectivity index (χ0v) is 13.1. The summed E-state index contributed by atoms with van der Waals surface area (Å²) in [5, 5.41) is 0. The van der Waals surface area contributed by atoms with Crippen molar-refractivity contribution in [1.82, 2.24) is 14.7 Å². The molecular weight excluding hydrogens is 234 g/mol. The summed E-state index contributed by atoms with van der Waals surface area (Å²) in [6.07, 6.45) is 7.04. The molecule has 0 saturated carbocycles. The predicted octanol–water partition coefficient (Wildman–Crippen LogP) is 2.14. The van der Waals surface area contributed by atoms with Gasteiger partial charge in [0.2, 0.25) is 0 Å². The average Bonchev–Trinajstić information content (AvgIpc) is 2.43. The Hall–Kier alpha value is -0.120. The molecule has 0 N–H and O–H groups in total. The highest BCUT2D eigenvalue weighted by Gasteiger charge is 2.18. The van der Waals surface area contributed by atoms with E-state index in [1.807, 2.05) is 0 Å². The maximum Gasteiger partial charge on any atom is 0.0110 e. The zero-order chi connectivity index (χ0) is 13.5. The molecule has 0 radical (unpaired) electrons. The molecule has 2 aliphatic heterocycles. The molecule has 0 aromatic rings. The van der Waals surface area contributed by atoms with E-state index in [1.54, 1.807) is 0 Å². The van der Waals surface area contributed by atoms with Crippen LogP contribution in [0.25, 0.3) is 0 Å². The largest absolute Gasteiger partial charge is 0.306 e. The van der Waals surface area contributed by atoms with Gasteiger partial charge in [-0.2, -0.15) is 0 Å². The third-order valence-electron chi connectivity index (χ3n) is 4.93.